The average molecular weight is 554 g/mol. The number of carboxylic acids is 1. The summed E-state index contributed by atoms with van der Waals surface area (Å²) in [5.41, 5.74) is -2.58. The van der Waals surface area contributed by atoms with E-state index in [1.165, 1.54) is 4.52 Å². The summed E-state index contributed by atoms with van der Waals surface area (Å²) in [4.78, 5) is 28.4. The lowest BCUT2D eigenvalue weighted by Crippen LogP contribution is -2.43. The van der Waals surface area contributed by atoms with E-state index in [-0.39, 0.29) is 15.9 Å². The Morgan fingerprint density at radius 1 is 1.18 bits per heavy atom. The third-order valence-corrected chi connectivity index (χ3v) is 5.00. The molecule has 0 aromatic carbocycles. The molecule has 0 radical (unpaired) electrons. The topological polar surface area (TPSA) is 130 Å². The molecule has 1 aliphatic heterocycles. The molecule has 208 valence electrons. The van der Waals surface area contributed by atoms with Crippen LogP contribution in [0.2, 0.25) is 0 Å². The monoisotopic (exact) mass is 554 g/mol. The van der Waals surface area contributed by atoms with Gasteiger partial charge in [0.1, 0.15) is 17.9 Å². The Labute approximate surface area is 209 Å². The molecule has 1 saturated heterocycles. The lowest BCUT2D eigenvalue weighted by molar-refractivity contribution is -0.148. The van der Waals surface area contributed by atoms with Gasteiger partial charge in [-0.25, -0.2) is 18.7 Å². The van der Waals surface area contributed by atoms with Gasteiger partial charge in [-0.05, 0) is 13.0 Å². The number of rotatable bonds is 5. The van der Waals surface area contributed by atoms with Crippen LogP contribution < -0.4 is 15.5 Å². The number of carbonyl (C=O) groups excluding carboxylic acids is 1. The van der Waals surface area contributed by atoms with Crippen LogP contribution in [0, 0.1) is 0 Å². The largest absolute Gasteiger partial charge is 0.479 e. The minimum Gasteiger partial charge on any atom is -0.479 e. The van der Waals surface area contributed by atoms with Gasteiger partial charge in [-0.1, -0.05) is 0 Å². The van der Waals surface area contributed by atoms with Crippen molar-refractivity contribution in [3.05, 3.63) is 35.9 Å². The zero-order valence-electron chi connectivity index (χ0n) is 19.5. The second kappa shape index (κ2) is 11.2. The smallest absolute Gasteiger partial charge is 0.437 e. The fourth-order valence-electron chi connectivity index (χ4n) is 3.27. The van der Waals surface area contributed by atoms with Gasteiger partial charge in [0.05, 0.1) is 11.9 Å². The van der Waals surface area contributed by atoms with Crippen molar-refractivity contribution in [3.8, 4) is 0 Å². The zero-order valence-corrected chi connectivity index (χ0v) is 19.5. The van der Waals surface area contributed by atoms with E-state index < -0.39 is 48.3 Å². The molecule has 4 heterocycles. The highest BCUT2D eigenvalue weighted by Crippen LogP contribution is 2.34. The molecule has 1 amide bonds. The molecule has 1 unspecified atom stereocenters. The summed E-state index contributed by atoms with van der Waals surface area (Å²) in [7, 11) is 0. The van der Waals surface area contributed by atoms with Crippen LogP contribution in [0.5, 0.6) is 0 Å². The molecule has 1 atom stereocenters. The van der Waals surface area contributed by atoms with E-state index in [1.807, 2.05) is 10.2 Å². The standard InChI is InChI=1S/C17H16F6N8O.C3H5FO2/c18-16(19,20)9-30-8-11(13(28-30)17(21,22)23)26-15(32)10-7-25-31-4-1-12(27-14(10)31)29-5-2-24-3-6-29;1-2(4)3(5)6/h1,4,7-8,24H,2-3,5-6,9H2,(H,26,32);2H,1H3,(H,5,6). The zero-order chi connectivity index (χ0) is 28.3. The normalized spacial score (nSPS) is 15.1. The summed E-state index contributed by atoms with van der Waals surface area (Å²) >= 11 is 0. The Kier molecular flexibility index (Phi) is 8.43. The number of nitrogens with one attached hydrogen (secondary N) is 2. The van der Waals surface area contributed by atoms with Gasteiger partial charge in [-0.2, -0.15) is 36.5 Å². The number of carbonyl (C=O) groups is 2. The Bertz CT molecular complexity index is 1280. The van der Waals surface area contributed by atoms with E-state index in [0.29, 0.717) is 25.1 Å². The van der Waals surface area contributed by atoms with Crippen molar-refractivity contribution in [2.45, 2.75) is 32.0 Å². The number of alkyl halides is 7. The Morgan fingerprint density at radius 2 is 1.82 bits per heavy atom. The van der Waals surface area contributed by atoms with Crippen LogP contribution in [0.1, 0.15) is 23.0 Å². The quantitative estimate of drug-likeness (QED) is 0.411. The van der Waals surface area contributed by atoms with Crippen LogP contribution in [-0.2, 0) is 17.5 Å². The summed E-state index contributed by atoms with van der Waals surface area (Å²) < 4.78 is 90.1. The van der Waals surface area contributed by atoms with Crippen molar-refractivity contribution in [2.24, 2.45) is 0 Å². The van der Waals surface area contributed by atoms with Crippen LogP contribution in [0.4, 0.5) is 42.2 Å². The molecular formula is C20H21F7N8O3. The SMILES string of the molecule is CC(F)C(=O)O.O=C(Nc1cn(CC(F)(F)F)nc1C(F)(F)F)c1cnn2ccc(N3CCNCC3)nc12. The molecule has 0 aliphatic carbocycles. The minimum atomic E-state index is -5.08. The predicted molar refractivity (Wildman–Crippen MR) is 118 cm³/mol. The molecule has 11 nitrogen and oxygen atoms in total. The molecule has 0 bridgehead atoms. The van der Waals surface area contributed by atoms with Crippen LogP contribution in [-0.4, -0.2) is 79.9 Å². The van der Waals surface area contributed by atoms with Crippen molar-refractivity contribution < 1.29 is 45.4 Å². The number of nitrogens with zero attached hydrogens (tertiary/aromatic N) is 6. The number of fused-ring (bicyclic) bond motifs is 1. The van der Waals surface area contributed by atoms with Crippen LogP contribution in [0.25, 0.3) is 5.65 Å². The van der Waals surface area contributed by atoms with Crippen molar-refractivity contribution in [1.29, 1.82) is 0 Å². The van der Waals surface area contributed by atoms with Gasteiger partial charge in [0.2, 0.25) is 0 Å². The molecule has 3 N–H and O–H groups in total. The van der Waals surface area contributed by atoms with E-state index >= 15 is 0 Å². The number of hydrogen-bond donors (Lipinski definition) is 3. The molecule has 4 rings (SSSR count). The number of anilines is 2. The maximum absolute atomic E-state index is 13.3. The molecular weight excluding hydrogens is 533 g/mol. The van der Waals surface area contributed by atoms with Gasteiger partial charge in [-0.3, -0.25) is 9.48 Å². The van der Waals surface area contributed by atoms with Crippen LogP contribution in [0.3, 0.4) is 0 Å². The summed E-state index contributed by atoms with van der Waals surface area (Å²) in [6.45, 7) is 2.06. The molecule has 3 aromatic heterocycles. The first-order valence-electron chi connectivity index (χ1n) is 10.9. The predicted octanol–water partition coefficient (Wildman–Crippen LogP) is 2.60. The highest BCUT2D eigenvalue weighted by atomic mass is 19.4. The van der Waals surface area contributed by atoms with E-state index in [2.05, 4.69) is 20.5 Å². The first-order chi connectivity index (χ1) is 17.7. The molecule has 3 aromatic rings. The lowest BCUT2D eigenvalue weighted by Gasteiger charge is -2.28. The van der Waals surface area contributed by atoms with Crippen molar-refractivity contribution in [3.63, 3.8) is 0 Å². The third-order valence-electron chi connectivity index (χ3n) is 5.00. The van der Waals surface area contributed by atoms with Gasteiger partial charge in [-0.15, -0.1) is 0 Å². The molecule has 0 spiro atoms. The summed E-state index contributed by atoms with van der Waals surface area (Å²) in [5, 5.41) is 19.7. The van der Waals surface area contributed by atoms with Gasteiger partial charge in [0.25, 0.3) is 5.91 Å². The Hall–Kier alpha value is -3.96. The van der Waals surface area contributed by atoms with Gasteiger partial charge < -0.3 is 20.6 Å². The molecule has 1 fully saturated rings. The lowest BCUT2D eigenvalue weighted by atomic mass is 10.3. The second-order valence-corrected chi connectivity index (χ2v) is 7.96. The van der Waals surface area contributed by atoms with Crippen molar-refractivity contribution >= 4 is 29.0 Å². The van der Waals surface area contributed by atoms with Gasteiger partial charge >= 0.3 is 18.3 Å². The van der Waals surface area contributed by atoms with E-state index in [1.54, 1.807) is 12.3 Å². The van der Waals surface area contributed by atoms with Crippen LogP contribution >= 0.6 is 0 Å². The molecule has 18 heteroatoms. The molecule has 1 aliphatic rings. The fourth-order valence-corrected chi connectivity index (χ4v) is 3.27. The first kappa shape index (κ1) is 28.6. The number of amides is 1. The summed E-state index contributed by atoms with van der Waals surface area (Å²) in [6, 6.07) is 1.69. The number of aromatic nitrogens is 5. The minimum absolute atomic E-state index is 0.0787. The maximum Gasteiger partial charge on any atom is 0.437 e. The number of carboxylic acid groups (broad SMARTS) is 1. The van der Waals surface area contributed by atoms with E-state index in [4.69, 9.17) is 5.11 Å². The Morgan fingerprint density at radius 3 is 2.37 bits per heavy atom. The van der Waals surface area contributed by atoms with Crippen molar-refractivity contribution in [1.82, 2.24) is 29.7 Å². The highest BCUT2D eigenvalue weighted by molar-refractivity contribution is 6.08. The maximum atomic E-state index is 13.3. The number of piperazine rings is 1. The van der Waals surface area contributed by atoms with Gasteiger partial charge in [0.15, 0.2) is 17.5 Å². The fraction of sp³-hybridized carbons (Fsp3) is 0.450. The van der Waals surface area contributed by atoms with E-state index in [9.17, 15) is 40.3 Å². The van der Waals surface area contributed by atoms with Crippen molar-refractivity contribution in [2.75, 3.05) is 36.4 Å². The number of aliphatic carboxylic acids is 1. The third kappa shape index (κ3) is 7.30. The van der Waals surface area contributed by atoms with Gasteiger partial charge in [0, 0.05) is 38.6 Å². The molecule has 0 saturated carbocycles. The van der Waals surface area contributed by atoms with E-state index in [0.717, 1.165) is 26.2 Å². The first-order valence-corrected chi connectivity index (χ1v) is 10.9. The number of hydrogen-bond acceptors (Lipinski definition) is 7. The summed E-state index contributed by atoms with van der Waals surface area (Å²) in [6.07, 6.45) is -8.44. The second-order valence-electron chi connectivity index (χ2n) is 7.96. The summed E-state index contributed by atoms with van der Waals surface area (Å²) in [5.74, 6) is -1.86. The molecule has 38 heavy (non-hydrogen) atoms. The highest BCUT2D eigenvalue weighted by Gasteiger charge is 2.39. The average Bonchev–Trinajstić information content (AvgIpc) is 3.42. The van der Waals surface area contributed by atoms with Crippen LogP contribution in [0.15, 0.2) is 24.7 Å². The number of halogens is 7. The Balaban J connectivity index is 0.000000599.